The van der Waals surface area contributed by atoms with Crippen molar-refractivity contribution >= 4 is 33.8 Å². The third-order valence-corrected chi connectivity index (χ3v) is 6.46. The minimum atomic E-state index is -1.35. The maximum Gasteiger partial charge on any atom is 0.340 e. The van der Waals surface area contributed by atoms with E-state index in [1.165, 1.54) is 0 Å². The molecule has 1 amide bonds. The summed E-state index contributed by atoms with van der Waals surface area (Å²) in [6.45, 7) is 7.19. The monoisotopic (exact) mass is 460 g/mol. The minimum Gasteiger partial charge on any atom is -0.548 e. The molecule has 2 aromatic carbocycles. The van der Waals surface area contributed by atoms with Crippen molar-refractivity contribution in [1.29, 1.82) is 0 Å². The Labute approximate surface area is 196 Å². The van der Waals surface area contributed by atoms with Gasteiger partial charge in [0.2, 0.25) is 5.91 Å². The molecule has 2 aromatic heterocycles. The van der Waals surface area contributed by atoms with E-state index in [-0.39, 0.29) is 17.9 Å². The number of amides is 1. The van der Waals surface area contributed by atoms with Crippen molar-refractivity contribution in [2.45, 2.75) is 46.6 Å². The van der Waals surface area contributed by atoms with E-state index in [0.717, 1.165) is 22.3 Å². The van der Waals surface area contributed by atoms with Crippen molar-refractivity contribution in [3.8, 4) is 11.1 Å². The molecule has 0 aliphatic carbocycles. The van der Waals surface area contributed by atoms with Gasteiger partial charge in [0.15, 0.2) is 0 Å². The van der Waals surface area contributed by atoms with Crippen molar-refractivity contribution in [2.24, 2.45) is 5.92 Å². The SMILES string of the molecule is CC[C@@H](C)[C@H](NC(=O)Cc1c(C)c2cc3c(-c4ccccc4)c(C)oc3cc2oc1=O)C(=O)[O-]. The van der Waals surface area contributed by atoms with Crippen molar-refractivity contribution in [2.75, 3.05) is 0 Å². The number of rotatable bonds is 7. The van der Waals surface area contributed by atoms with Crippen molar-refractivity contribution in [3.05, 3.63) is 69.8 Å². The number of aryl methyl sites for hydroxylation is 2. The van der Waals surface area contributed by atoms with Crippen LogP contribution in [-0.4, -0.2) is 17.9 Å². The quantitative estimate of drug-likeness (QED) is 0.421. The Morgan fingerprint density at radius 2 is 1.71 bits per heavy atom. The van der Waals surface area contributed by atoms with Gasteiger partial charge in [-0.05, 0) is 37.0 Å². The van der Waals surface area contributed by atoms with Crippen LogP contribution in [0.2, 0.25) is 0 Å². The lowest BCUT2D eigenvalue weighted by Gasteiger charge is -2.25. The first-order valence-electron chi connectivity index (χ1n) is 11.3. The van der Waals surface area contributed by atoms with Gasteiger partial charge in [0.25, 0.3) is 0 Å². The molecule has 0 bridgehead atoms. The number of fused-ring (bicyclic) bond motifs is 2. The predicted octanol–water partition coefficient (Wildman–Crippen LogP) is 3.65. The Morgan fingerprint density at radius 1 is 1.03 bits per heavy atom. The van der Waals surface area contributed by atoms with Crippen LogP contribution in [0.25, 0.3) is 33.1 Å². The van der Waals surface area contributed by atoms with Crippen LogP contribution in [0, 0.1) is 19.8 Å². The number of carbonyl (C=O) groups excluding carboxylic acids is 2. The molecule has 0 fully saturated rings. The van der Waals surface area contributed by atoms with E-state index in [2.05, 4.69) is 5.32 Å². The molecule has 0 unspecified atom stereocenters. The fourth-order valence-electron chi connectivity index (χ4n) is 4.32. The molecular weight excluding hydrogens is 434 g/mol. The Hall–Kier alpha value is -3.87. The fourth-order valence-corrected chi connectivity index (χ4v) is 4.32. The third-order valence-electron chi connectivity index (χ3n) is 6.46. The summed E-state index contributed by atoms with van der Waals surface area (Å²) in [5.74, 6) is -1.49. The molecule has 2 atom stereocenters. The van der Waals surface area contributed by atoms with E-state index in [1.54, 1.807) is 19.9 Å². The summed E-state index contributed by atoms with van der Waals surface area (Å²) < 4.78 is 11.5. The van der Waals surface area contributed by atoms with Crippen LogP contribution < -0.4 is 16.0 Å². The van der Waals surface area contributed by atoms with Gasteiger partial charge in [-0.2, -0.15) is 0 Å². The van der Waals surface area contributed by atoms with Crippen LogP contribution in [-0.2, 0) is 16.0 Å². The molecule has 0 radical (unpaired) electrons. The zero-order chi connectivity index (χ0) is 24.6. The van der Waals surface area contributed by atoms with Crippen LogP contribution in [0.4, 0.5) is 0 Å². The van der Waals surface area contributed by atoms with E-state index < -0.39 is 23.5 Å². The molecule has 0 aliphatic heterocycles. The van der Waals surface area contributed by atoms with Crippen LogP contribution in [0.1, 0.15) is 37.2 Å². The van der Waals surface area contributed by atoms with E-state index in [0.29, 0.717) is 28.5 Å². The number of aliphatic carboxylic acids is 1. The first-order chi connectivity index (χ1) is 16.2. The van der Waals surface area contributed by atoms with Gasteiger partial charge in [-0.25, -0.2) is 4.79 Å². The first-order valence-corrected chi connectivity index (χ1v) is 11.3. The van der Waals surface area contributed by atoms with Gasteiger partial charge in [0.1, 0.15) is 16.9 Å². The number of carboxylic acid groups (broad SMARTS) is 1. The van der Waals surface area contributed by atoms with Gasteiger partial charge >= 0.3 is 5.63 Å². The Morgan fingerprint density at radius 3 is 2.35 bits per heavy atom. The van der Waals surface area contributed by atoms with E-state index in [9.17, 15) is 19.5 Å². The van der Waals surface area contributed by atoms with E-state index in [1.807, 2.05) is 50.2 Å². The molecule has 7 heteroatoms. The lowest BCUT2D eigenvalue weighted by molar-refractivity contribution is -0.309. The zero-order valence-electron chi connectivity index (χ0n) is 19.6. The second-order valence-corrected chi connectivity index (χ2v) is 8.66. The summed E-state index contributed by atoms with van der Waals surface area (Å²) in [7, 11) is 0. The number of furan rings is 1. The lowest BCUT2D eigenvalue weighted by Crippen LogP contribution is -2.51. The number of carboxylic acids is 1. The van der Waals surface area contributed by atoms with Crippen molar-refractivity contribution in [1.82, 2.24) is 5.32 Å². The Bertz CT molecular complexity index is 1450. The smallest absolute Gasteiger partial charge is 0.340 e. The standard InChI is InChI=1S/C27H27NO6/c1-5-14(2)25(26(30)31)28-23(29)12-19-15(3)18-11-20-22(13-21(18)34-27(19)32)33-16(4)24(20)17-9-7-6-8-10-17/h6-11,13-14,25H,5,12H2,1-4H3,(H,28,29)(H,30,31)/p-1/t14-,25+/m1/s1. The maximum atomic E-state index is 12.7. The normalized spacial score (nSPS) is 13.2. The molecule has 7 nitrogen and oxygen atoms in total. The van der Waals surface area contributed by atoms with Gasteiger partial charge in [0, 0.05) is 22.4 Å². The summed E-state index contributed by atoms with van der Waals surface area (Å²) in [4.78, 5) is 36.8. The summed E-state index contributed by atoms with van der Waals surface area (Å²) in [6, 6.07) is 12.3. The second-order valence-electron chi connectivity index (χ2n) is 8.66. The fraction of sp³-hybridized carbons (Fsp3) is 0.296. The Balaban J connectivity index is 1.77. The van der Waals surface area contributed by atoms with Crippen LogP contribution in [0.5, 0.6) is 0 Å². The van der Waals surface area contributed by atoms with Crippen LogP contribution in [0.3, 0.4) is 0 Å². The van der Waals surface area contributed by atoms with Gasteiger partial charge in [-0.15, -0.1) is 0 Å². The average Bonchev–Trinajstić information content (AvgIpc) is 3.13. The summed E-state index contributed by atoms with van der Waals surface area (Å²) >= 11 is 0. The third kappa shape index (κ3) is 4.21. The van der Waals surface area contributed by atoms with Crippen molar-refractivity contribution in [3.63, 3.8) is 0 Å². The van der Waals surface area contributed by atoms with Crippen LogP contribution >= 0.6 is 0 Å². The van der Waals surface area contributed by atoms with E-state index in [4.69, 9.17) is 8.83 Å². The minimum absolute atomic E-state index is 0.187. The van der Waals surface area contributed by atoms with Gasteiger partial charge in [-0.3, -0.25) is 4.79 Å². The van der Waals surface area contributed by atoms with Gasteiger partial charge in [0.05, 0.1) is 24.0 Å². The molecule has 0 spiro atoms. The van der Waals surface area contributed by atoms with Crippen LogP contribution in [0.15, 0.2) is 56.1 Å². The number of hydrogen-bond donors (Lipinski definition) is 1. The van der Waals surface area contributed by atoms with E-state index >= 15 is 0 Å². The molecule has 2 heterocycles. The molecule has 34 heavy (non-hydrogen) atoms. The van der Waals surface area contributed by atoms with Gasteiger partial charge < -0.3 is 24.1 Å². The number of benzene rings is 2. The zero-order valence-corrected chi connectivity index (χ0v) is 19.6. The molecule has 1 N–H and O–H groups in total. The average molecular weight is 461 g/mol. The number of carbonyl (C=O) groups is 2. The molecule has 0 aliphatic rings. The molecule has 176 valence electrons. The lowest BCUT2D eigenvalue weighted by atomic mass is 9.97. The van der Waals surface area contributed by atoms with Gasteiger partial charge in [-0.1, -0.05) is 50.6 Å². The maximum absolute atomic E-state index is 12.7. The molecule has 0 saturated carbocycles. The number of nitrogens with one attached hydrogen (secondary N) is 1. The molecule has 4 aromatic rings. The topological polar surface area (TPSA) is 113 Å². The highest BCUT2D eigenvalue weighted by molar-refractivity contribution is 6.03. The largest absolute Gasteiger partial charge is 0.548 e. The van der Waals surface area contributed by atoms with Crippen molar-refractivity contribution < 1.29 is 23.5 Å². The molecule has 4 rings (SSSR count). The second kappa shape index (κ2) is 9.17. The highest BCUT2D eigenvalue weighted by Gasteiger charge is 2.23. The molecule has 0 saturated heterocycles. The number of hydrogen-bond acceptors (Lipinski definition) is 6. The summed E-state index contributed by atoms with van der Waals surface area (Å²) in [6.07, 6.45) is 0.262. The highest BCUT2D eigenvalue weighted by atomic mass is 16.4. The molecular formula is C27H26NO6-. The summed E-state index contributed by atoms with van der Waals surface area (Å²) in [5.41, 5.74) is 3.07. The Kier molecular flexibility index (Phi) is 6.28. The summed E-state index contributed by atoms with van der Waals surface area (Å²) in [5, 5.41) is 15.5. The predicted molar refractivity (Wildman–Crippen MR) is 127 cm³/mol. The highest BCUT2D eigenvalue weighted by Crippen LogP contribution is 2.37. The first kappa shape index (κ1) is 23.3.